The molecule has 1 rings (SSSR count). The number of hydrogen-bond acceptors (Lipinski definition) is 3. The Morgan fingerprint density at radius 3 is 2.53 bits per heavy atom. The minimum atomic E-state index is -0.0444. The lowest BCUT2D eigenvalue weighted by molar-refractivity contribution is -0.0914. The summed E-state index contributed by atoms with van der Waals surface area (Å²) in [4.78, 5) is 0. The lowest BCUT2D eigenvalue weighted by atomic mass is 9.77. The quantitative estimate of drug-likeness (QED) is 0.408. The van der Waals surface area contributed by atoms with Gasteiger partial charge in [0.1, 0.15) is 0 Å². The summed E-state index contributed by atoms with van der Waals surface area (Å²) in [6, 6.07) is 0.249. The summed E-state index contributed by atoms with van der Waals surface area (Å²) < 4.78 is 6.08. The molecular weight excluding hydrogens is 212 g/mol. The highest BCUT2D eigenvalue weighted by Gasteiger charge is 2.39. The summed E-state index contributed by atoms with van der Waals surface area (Å²) in [7, 11) is 0. The van der Waals surface area contributed by atoms with E-state index in [4.69, 9.17) is 10.6 Å². The molecule has 0 aromatic rings. The molecule has 17 heavy (non-hydrogen) atoms. The number of hydrazine groups is 1. The second kappa shape index (κ2) is 7.14. The van der Waals surface area contributed by atoms with E-state index in [9.17, 15) is 0 Å². The average Bonchev–Trinajstić information content (AvgIpc) is 2.31. The van der Waals surface area contributed by atoms with Crippen molar-refractivity contribution in [2.45, 2.75) is 70.4 Å². The summed E-state index contributed by atoms with van der Waals surface area (Å²) >= 11 is 0. The second-order valence-corrected chi connectivity index (χ2v) is 5.27. The normalized spacial score (nSPS) is 21.1. The van der Waals surface area contributed by atoms with E-state index < -0.39 is 0 Å². The van der Waals surface area contributed by atoms with Crippen LogP contribution >= 0.6 is 0 Å². The van der Waals surface area contributed by atoms with Crippen LogP contribution in [0, 0.1) is 0 Å². The van der Waals surface area contributed by atoms with E-state index in [1.807, 2.05) is 0 Å². The van der Waals surface area contributed by atoms with Gasteiger partial charge in [-0.25, -0.2) is 0 Å². The molecular formula is C14H28N2O. The van der Waals surface area contributed by atoms with Crippen LogP contribution in [0.3, 0.4) is 0 Å². The van der Waals surface area contributed by atoms with Crippen molar-refractivity contribution in [3.63, 3.8) is 0 Å². The largest absolute Gasteiger partial charge is 0.374 e. The van der Waals surface area contributed by atoms with Crippen molar-refractivity contribution in [1.29, 1.82) is 0 Å². The molecule has 0 heterocycles. The molecule has 1 aliphatic carbocycles. The van der Waals surface area contributed by atoms with Crippen LogP contribution in [0.2, 0.25) is 0 Å². The van der Waals surface area contributed by atoms with Crippen LogP contribution in [-0.2, 0) is 4.74 Å². The Morgan fingerprint density at radius 1 is 1.41 bits per heavy atom. The summed E-state index contributed by atoms with van der Waals surface area (Å²) in [6.07, 6.45) is 8.14. The Morgan fingerprint density at radius 2 is 2.06 bits per heavy atom. The summed E-state index contributed by atoms with van der Waals surface area (Å²) in [5, 5.41) is 0. The van der Waals surface area contributed by atoms with Crippen molar-refractivity contribution >= 4 is 0 Å². The standard InChI is InChI=1S/C14H28N2O/c1-4-17-14(10-6-5-7-11-14)13(16-15)9-8-12(2)3/h13,16H,2,4-11,15H2,1,3H3. The molecule has 100 valence electrons. The van der Waals surface area contributed by atoms with Gasteiger partial charge in [-0.1, -0.05) is 24.8 Å². The number of nitrogens with one attached hydrogen (secondary N) is 1. The fourth-order valence-corrected chi connectivity index (χ4v) is 2.92. The van der Waals surface area contributed by atoms with Crippen molar-refractivity contribution in [3.05, 3.63) is 12.2 Å². The number of nitrogens with two attached hydrogens (primary N) is 1. The first-order chi connectivity index (χ1) is 8.14. The highest BCUT2D eigenvalue weighted by molar-refractivity contribution is 4.98. The minimum Gasteiger partial charge on any atom is -0.374 e. The summed E-state index contributed by atoms with van der Waals surface area (Å²) in [6.45, 7) is 8.88. The van der Waals surface area contributed by atoms with Crippen LogP contribution in [0.5, 0.6) is 0 Å². The van der Waals surface area contributed by atoms with Crippen LogP contribution in [0.25, 0.3) is 0 Å². The fourth-order valence-electron chi connectivity index (χ4n) is 2.92. The molecule has 0 saturated heterocycles. The van der Waals surface area contributed by atoms with Crippen LogP contribution < -0.4 is 11.3 Å². The molecule has 0 radical (unpaired) electrons. The predicted molar refractivity (Wildman–Crippen MR) is 72.6 cm³/mol. The Kier molecular flexibility index (Phi) is 6.17. The zero-order chi connectivity index (χ0) is 12.7. The van der Waals surface area contributed by atoms with E-state index in [0.29, 0.717) is 0 Å². The van der Waals surface area contributed by atoms with Crippen LogP contribution in [0.1, 0.15) is 58.8 Å². The third-order valence-electron chi connectivity index (χ3n) is 3.83. The van der Waals surface area contributed by atoms with Crippen molar-refractivity contribution in [3.8, 4) is 0 Å². The van der Waals surface area contributed by atoms with Crippen LogP contribution in [0.4, 0.5) is 0 Å². The van der Waals surface area contributed by atoms with Gasteiger partial charge in [-0.3, -0.25) is 11.3 Å². The van der Waals surface area contributed by atoms with Gasteiger partial charge < -0.3 is 4.74 Å². The maximum absolute atomic E-state index is 6.08. The second-order valence-electron chi connectivity index (χ2n) is 5.27. The van der Waals surface area contributed by atoms with E-state index in [1.54, 1.807) is 0 Å². The van der Waals surface area contributed by atoms with Crippen LogP contribution in [0.15, 0.2) is 12.2 Å². The average molecular weight is 240 g/mol. The number of allylic oxidation sites excluding steroid dienone is 1. The fraction of sp³-hybridized carbons (Fsp3) is 0.857. The number of rotatable bonds is 7. The third kappa shape index (κ3) is 4.09. The van der Waals surface area contributed by atoms with Gasteiger partial charge in [-0.15, -0.1) is 6.58 Å². The molecule has 1 fully saturated rings. The van der Waals surface area contributed by atoms with Crippen molar-refractivity contribution in [2.75, 3.05) is 6.61 Å². The maximum atomic E-state index is 6.08. The minimum absolute atomic E-state index is 0.0444. The molecule has 1 aliphatic rings. The zero-order valence-corrected chi connectivity index (χ0v) is 11.4. The maximum Gasteiger partial charge on any atom is 0.0848 e. The van der Waals surface area contributed by atoms with E-state index in [-0.39, 0.29) is 11.6 Å². The Bertz CT molecular complexity index is 229. The van der Waals surface area contributed by atoms with E-state index in [0.717, 1.165) is 32.3 Å². The van der Waals surface area contributed by atoms with Gasteiger partial charge in [-0.2, -0.15) is 0 Å². The SMILES string of the molecule is C=C(C)CCC(NN)C1(OCC)CCCCC1. The molecule has 3 N–H and O–H groups in total. The molecule has 3 nitrogen and oxygen atoms in total. The first-order valence-corrected chi connectivity index (χ1v) is 6.89. The van der Waals surface area contributed by atoms with Gasteiger partial charge in [0.05, 0.1) is 11.6 Å². The molecule has 0 aromatic carbocycles. The highest BCUT2D eigenvalue weighted by Crippen LogP contribution is 2.36. The monoisotopic (exact) mass is 240 g/mol. The van der Waals surface area contributed by atoms with Crippen LogP contribution in [-0.4, -0.2) is 18.2 Å². The Balaban J connectivity index is 2.67. The smallest absolute Gasteiger partial charge is 0.0848 e. The van der Waals surface area contributed by atoms with Gasteiger partial charge in [-0.05, 0) is 39.5 Å². The molecule has 0 aliphatic heterocycles. The molecule has 0 amide bonds. The van der Waals surface area contributed by atoms with Crippen molar-refractivity contribution in [2.24, 2.45) is 5.84 Å². The van der Waals surface area contributed by atoms with Gasteiger partial charge in [0.15, 0.2) is 0 Å². The van der Waals surface area contributed by atoms with E-state index in [1.165, 1.54) is 24.8 Å². The van der Waals surface area contributed by atoms with Gasteiger partial charge >= 0.3 is 0 Å². The Hall–Kier alpha value is -0.380. The molecule has 1 saturated carbocycles. The lowest BCUT2D eigenvalue weighted by Crippen LogP contribution is -2.55. The topological polar surface area (TPSA) is 47.3 Å². The molecule has 0 bridgehead atoms. The van der Waals surface area contributed by atoms with E-state index in [2.05, 4.69) is 25.9 Å². The van der Waals surface area contributed by atoms with Gasteiger partial charge in [0.25, 0.3) is 0 Å². The third-order valence-corrected chi connectivity index (χ3v) is 3.83. The molecule has 0 spiro atoms. The van der Waals surface area contributed by atoms with Crippen molar-refractivity contribution in [1.82, 2.24) is 5.43 Å². The van der Waals surface area contributed by atoms with Gasteiger partial charge in [0.2, 0.25) is 0 Å². The number of ether oxygens (including phenoxy) is 1. The van der Waals surface area contributed by atoms with Gasteiger partial charge in [0, 0.05) is 6.61 Å². The zero-order valence-electron chi connectivity index (χ0n) is 11.4. The summed E-state index contributed by atoms with van der Waals surface area (Å²) in [5.41, 5.74) is 4.16. The molecule has 3 heteroatoms. The van der Waals surface area contributed by atoms with Crippen molar-refractivity contribution < 1.29 is 4.74 Å². The Labute approximate surface area is 106 Å². The highest BCUT2D eigenvalue weighted by atomic mass is 16.5. The summed E-state index contributed by atoms with van der Waals surface area (Å²) in [5.74, 6) is 5.75. The molecule has 1 unspecified atom stereocenters. The van der Waals surface area contributed by atoms with E-state index >= 15 is 0 Å². The lowest BCUT2D eigenvalue weighted by Gasteiger charge is -2.43. The first kappa shape index (κ1) is 14.7. The molecule has 0 aromatic heterocycles. The predicted octanol–water partition coefficient (Wildman–Crippen LogP) is 2.91. The number of hydrogen-bond donors (Lipinski definition) is 2. The first-order valence-electron chi connectivity index (χ1n) is 6.89. The molecule has 1 atom stereocenters.